The van der Waals surface area contributed by atoms with Crippen molar-refractivity contribution in [2.45, 2.75) is 49.4 Å². The molecule has 0 saturated carbocycles. The minimum atomic E-state index is -4.48. The maximum absolute atomic E-state index is 14.0. The standard InChI is InChI=1S/C30H32FN3O5S/c1-19(2)10-17-27-33-29(35)28(30(36)34(27)25(18-39-4)22-8-6-5-7-9-22)40(37,38)23-13-11-21(12-14-23)24-15-16-26(31)32-20(24)3/h5-9,11-16,19,25,35H,10,17-18H2,1-4H3/t25-/m0/s1. The number of sulfone groups is 1. The highest BCUT2D eigenvalue weighted by Gasteiger charge is 2.32. The molecule has 0 aliphatic rings. The first-order valence-corrected chi connectivity index (χ1v) is 14.4. The van der Waals surface area contributed by atoms with Gasteiger partial charge in [-0.2, -0.15) is 9.37 Å². The van der Waals surface area contributed by atoms with Crippen LogP contribution in [0, 0.1) is 18.8 Å². The average Bonchev–Trinajstić information content (AvgIpc) is 2.91. The van der Waals surface area contributed by atoms with Crippen LogP contribution in [0.2, 0.25) is 0 Å². The maximum Gasteiger partial charge on any atom is 0.277 e. The number of aryl methyl sites for hydroxylation is 2. The largest absolute Gasteiger partial charge is 0.492 e. The summed E-state index contributed by atoms with van der Waals surface area (Å²) in [6.07, 6.45) is 1.03. The molecule has 1 N–H and O–H groups in total. The van der Waals surface area contributed by atoms with E-state index in [1.807, 2.05) is 44.2 Å². The van der Waals surface area contributed by atoms with Crippen molar-refractivity contribution in [3.63, 3.8) is 0 Å². The van der Waals surface area contributed by atoms with Crippen LogP contribution < -0.4 is 5.56 Å². The molecule has 210 valence electrons. The van der Waals surface area contributed by atoms with Gasteiger partial charge in [0.05, 0.1) is 17.5 Å². The Morgan fingerprint density at radius 2 is 1.68 bits per heavy atom. The lowest BCUT2D eigenvalue weighted by molar-refractivity contribution is 0.165. The molecule has 2 aromatic carbocycles. The van der Waals surface area contributed by atoms with Gasteiger partial charge in [0, 0.05) is 24.8 Å². The van der Waals surface area contributed by atoms with Gasteiger partial charge in [0.15, 0.2) is 4.90 Å². The fourth-order valence-corrected chi connectivity index (χ4v) is 5.96. The molecule has 0 fully saturated rings. The van der Waals surface area contributed by atoms with Crippen LogP contribution in [-0.2, 0) is 21.0 Å². The molecule has 8 nitrogen and oxygen atoms in total. The van der Waals surface area contributed by atoms with E-state index in [0.717, 1.165) is 5.56 Å². The van der Waals surface area contributed by atoms with Crippen molar-refractivity contribution in [2.24, 2.45) is 5.92 Å². The van der Waals surface area contributed by atoms with Gasteiger partial charge in [-0.3, -0.25) is 9.36 Å². The Bertz CT molecular complexity index is 1650. The van der Waals surface area contributed by atoms with E-state index >= 15 is 0 Å². The van der Waals surface area contributed by atoms with Crippen molar-refractivity contribution < 1.29 is 22.7 Å². The lowest BCUT2D eigenvalue weighted by atomic mass is 10.1. The summed E-state index contributed by atoms with van der Waals surface area (Å²) in [6, 6.07) is 17.0. The van der Waals surface area contributed by atoms with E-state index in [1.54, 1.807) is 25.1 Å². The van der Waals surface area contributed by atoms with Gasteiger partial charge in [0.25, 0.3) is 5.56 Å². The number of rotatable bonds is 10. The minimum Gasteiger partial charge on any atom is -0.492 e. The number of aromatic hydroxyl groups is 1. The molecule has 40 heavy (non-hydrogen) atoms. The van der Waals surface area contributed by atoms with Crippen LogP contribution in [0.25, 0.3) is 11.1 Å². The summed E-state index contributed by atoms with van der Waals surface area (Å²) in [5.41, 5.74) is 1.57. The smallest absolute Gasteiger partial charge is 0.277 e. The van der Waals surface area contributed by atoms with Crippen LogP contribution in [-0.4, -0.2) is 41.8 Å². The van der Waals surface area contributed by atoms with E-state index in [1.165, 1.54) is 29.9 Å². The molecule has 2 heterocycles. The van der Waals surface area contributed by atoms with E-state index in [4.69, 9.17) is 4.74 Å². The number of ether oxygens (including phenoxy) is 1. The molecule has 0 aliphatic heterocycles. The molecular formula is C30H32FN3O5S. The van der Waals surface area contributed by atoms with Crippen molar-refractivity contribution >= 4 is 9.84 Å². The van der Waals surface area contributed by atoms with E-state index in [-0.39, 0.29) is 23.2 Å². The Balaban J connectivity index is 1.87. The van der Waals surface area contributed by atoms with Gasteiger partial charge in [0.2, 0.25) is 21.7 Å². The molecular weight excluding hydrogens is 533 g/mol. The van der Waals surface area contributed by atoms with E-state index in [2.05, 4.69) is 9.97 Å². The molecule has 2 aromatic heterocycles. The fourth-order valence-electron chi connectivity index (χ4n) is 4.62. The zero-order valence-corrected chi connectivity index (χ0v) is 23.7. The van der Waals surface area contributed by atoms with Gasteiger partial charge in [-0.05, 0) is 54.7 Å². The first kappa shape index (κ1) is 29.1. The average molecular weight is 566 g/mol. The second-order valence-electron chi connectivity index (χ2n) is 9.97. The van der Waals surface area contributed by atoms with Crippen LogP contribution in [0.3, 0.4) is 0 Å². The molecule has 0 spiro atoms. The van der Waals surface area contributed by atoms with Crippen molar-refractivity contribution in [1.82, 2.24) is 14.5 Å². The third-order valence-electron chi connectivity index (χ3n) is 6.69. The van der Waals surface area contributed by atoms with Gasteiger partial charge in [-0.1, -0.05) is 56.3 Å². The highest BCUT2D eigenvalue weighted by molar-refractivity contribution is 7.91. The number of hydrogen-bond donors (Lipinski definition) is 1. The summed E-state index contributed by atoms with van der Waals surface area (Å²) in [4.78, 5) is 21.1. The molecule has 0 aliphatic carbocycles. The van der Waals surface area contributed by atoms with Gasteiger partial charge in [-0.15, -0.1) is 0 Å². The number of hydrogen-bond acceptors (Lipinski definition) is 7. The Hall–Kier alpha value is -3.89. The zero-order chi connectivity index (χ0) is 29.0. The quantitative estimate of drug-likeness (QED) is 0.266. The first-order chi connectivity index (χ1) is 19.0. The van der Waals surface area contributed by atoms with E-state index in [0.29, 0.717) is 29.7 Å². The monoisotopic (exact) mass is 565 g/mol. The summed E-state index contributed by atoms with van der Waals surface area (Å²) in [5, 5.41) is 10.9. The first-order valence-electron chi connectivity index (χ1n) is 12.9. The molecule has 0 amide bonds. The zero-order valence-electron chi connectivity index (χ0n) is 22.8. The lowest BCUT2D eigenvalue weighted by Gasteiger charge is -2.24. The third kappa shape index (κ3) is 5.97. The summed E-state index contributed by atoms with van der Waals surface area (Å²) in [6.45, 7) is 5.79. The molecule has 0 unspecified atom stereocenters. The molecule has 10 heteroatoms. The Labute approximate surface area is 233 Å². The highest BCUT2D eigenvalue weighted by atomic mass is 32.2. The second-order valence-corrected chi connectivity index (χ2v) is 11.9. The van der Waals surface area contributed by atoms with Crippen molar-refractivity contribution in [3.8, 4) is 17.0 Å². The van der Waals surface area contributed by atoms with Crippen LogP contribution in [0.4, 0.5) is 4.39 Å². The fraction of sp³-hybridized carbons (Fsp3) is 0.300. The SMILES string of the molecule is COC[C@@H](c1ccccc1)n1c(CCC(C)C)nc(O)c(S(=O)(=O)c2ccc(-c3ccc(F)nc3C)cc2)c1=O. The van der Waals surface area contributed by atoms with Gasteiger partial charge < -0.3 is 9.84 Å². The maximum atomic E-state index is 14.0. The lowest BCUT2D eigenvalue weighted by Crippen LogP contribution is -2.35. The van der Waals surface area contributed by atoms with E-state index < -0.39 is 38.2 Å². The normalized spacial score (nSPS) is 12.6. The Morgan fingerprint density at radius 1 is 1.00 bits per heavy atom. The summed E-state index contributed by atoms with van der Waals surface area (Å²) >= 11 is 0. The van der Waals surface area contributed by atoms with Crippen LogP contribution in [0.1, 0.15) is 43.4 Å². The van der Waals surface area contributed by atoms with Gasteiger partial charge in [-0.25, -0.2) is 13.4 Å². The van der Waals surface area contributed by atoms with Crippen molar-refractivity contribution in [1.29, 1.82) is 0 Å². The Kier molecular flexibility index (Phi) is 8.80. The highest BCUT2D eigenvalue weighted by Crippen LogP contribution is 2.30. The molecule has 0 saturated heterocycles. The molecule has 4 rings (SSSR count). The predicted molar refractivity (Wildman–Crippen MR) is 150 cm³/mol. The number of halogens is 1. The molecule has 4 aromatic rings. The van der Waals surface area contributed by atoms with Gasteiger partial charge >= 0.3 is 0 Å². The van der Waals surface area contributed by atoms with Crippen LogP contribution in [0.5, 0.6) is 5.88 Å². The Morgan fingerprint density at radius 3 is 2.27 bits per heavy atom. The van der Waals surface area contributed by atoms with E-state index in [9.17, 15) is 22.7 Å². The molecule has 0 radical (unpaired) electrons. The number of methoxy groups -OCH3 is 1. The number of pyridine rings is 1. The van der Waals surface area contributed by atoms with Crippen LogP contribution in [0.15, 0.2) is 81.3 Å². The van der Waals surface area contributed by atoms with Crippen molar-refractivity contribution in [3.05, 3.63) is 100 Å². The molecule has 0 bridgehead atoms. The topological polar surface area (TPSA) is 111 Å². The number of benzene rings is 2. The van der Waals surface area contributed by atoms with Crippen LogP contribution >= 0.6 is 0 Å². The number of nitrogens with zero attached hydrogens (tertiary/aromatic N) is 3. The number of aromatic nitrogens is 3. The summed E-state index contributed by atoms with van der Waals surface area (Å²) < 4.78 is 47.8. The minimum absolute atomic E-state index is 0.0876. The predicted octanol–water partition coefficient (Wildman–Crippen LogP) is 5.12. The third-order valence-corrected chi connectivity index (χ3v) is 8.48. The van der Waals surface area contributed by atoms with Crippen molar-refractivity contribution in [2.75, 3.05) is 13.7 Å². The van der Waals surface area contributed by atoms with Gasteiger partial charge in [0.1, 0.15) is 5.82 Å². The summed E-state index contributed by atoms with van der Waals surface area (Å²) in [7, 11) is -2.98. The molecule has 1 atom stereocenters. The second kappa shape index (κ2) is 12.1. The summed E-state index contributed by atoms with van der Waals surface area (Å²) in [5.74, 6) is -0.895.